The zero-order valence-corrected chi connectivity index (χ0v) is 35.8. The van der Waals surface area contributed by atoms with Crippen LogP contribution in [0.1, 0.15) is 130 Å². The Balaban J connectivity index is 1.63. The van der Waals surface area contributed by atoms with Gasteiger partial charge in [-0.2, -0.15) is 0 Å². The fourth-order valence-corrected chi connectivity index (χ4v) is 8.02. The van der Waals surface area contributed by atoms with Crippen LogP contribution >= 0.6 is 0 Å². The molecule has 7 aromatic rings. The smallest absolute Gasteiger partial charge is 0.149 e. The number of fused-ring (bicyclic) bond motifs is 2. The molecule has 0 saturated heterocycles. The fourth-order valence-electron chi connectivity index (χ4n) is 8.02. The van der Waals surface area contributed by atoms with Crippen molar-refractivity contribution in [3.05, 3.63) is 131 Å². The molecule has 7 rings (SSSR count). The summed E-state index contributed by atoms with van der Waals surface area (Å²) in [6, 6.07) is 35.1. The van der Waals surface area contributed by atoms with Gasteiger partial charge in [-0.25, -0.2) is 4.98 Å². The van der Waals surface area contributed by atoms with E-state index >= 15 is 0 Å². The number of para-hydroxylation sites is 2. The lowest BCUT2D eigenvalue weighted by Gasteiger charge is -2.28. The first-order valence-corrected chi connectivity index (χ1v) is 20.3. The monoisotopic (exact) mass is 741 g/mol. The van der Waals surface area contributed by atoms with Crippen LogP contribution in [0.3, 0.4) is 0 Å². The van der Waals surface area contributed by atoms with Gasteiger partial charge in [-0.1, -0.05) is 157 Å². The summed E-state index contributed by atoms with van der Waals surface area (Å²) in [6.07, 6.45) is 1.91. The van der Waals surface area contributed by atoms with Gasteiger partial charge in [0.2, 0.25) is 0 Å². The highest BCUT2D eigenvalue weighted by molar-refractivity contribution is 5.99. The number of benzene rings is 5. The predicted octanol–water partition coefficient (Wildman–Crippen LogP) is 14.4. The first-order valence-electron chi connectivity index (χ1n) is 20.3. The van der Waals surface area contributed by atoms with E-state index in [1.165, 1.54) is 27.6 Å². The van der Waals surface area contributed by atoms with Crippen LogP contribution in [-0.4, -0.2) is 19.6 Å². The Morgan fingerprint density at radius 2 is 1.20 bits per heavy atom. The largest absolute Gasteiger partial charge is 0.507 e. The van der Waals surface area contributed by atoms with E-state index in [0.29, 0.717) is 0 Å². The number of imidazole rings is 1. The summed E-state index contributed by atoms with van der Waals surface area (Å²) in [5.74, 6) is 1.56. The van der Waals surface area contributed by atoms with Gasteiger partial charge in [0.05, 0.1) is 28.0 Å². The topological polar surface area (TPSA) is 50.9 Å². The molecule has 4 nitrogen and oxygen atoms in total. The van der Waals surface area contributed by atoms with Crippen molar-refractivity contribution >= 4 is 21.8 Å². The van der Waals surface area contributed by atoms with E-state index in [4.69, 9.17) is 9.97 Å². The van der Waals surface area contributed by atoms with Gasteiger partial charge in [0, 0.05) is 28.3 Å². The Bertz CT molecular complexity index is 2570. The Kier molecular flexibility index (Phi) is 9.80. The summed E-state index contributed by atoms with van der Waals surface area (Å²) in [6.45, 7) is 29.1. The molecule has 2 heterocycles. The Morgan fingerprint density at radius 3 is 1.82 bits per heavy atom. The Morgan fingerprint density at radius 1 is 0.589 bits per heavy atom. The quantitative estimate of drug-likeness (QED) is 0.185. The molecule has 5 aromatic carbocycles. The third-order valence-electron chi connectivity index (χ3n) is 11.3. The molecular formula is C52H59N3O. The van der Waals surface area contributed by atoms with Gasteiger partial charge in [-0.05, 0) is 91.6 Å². The SMILES string of the molecule is CC(C)c1cccc(C(C)C)c1-n1c(-c2cc(C(C)(C)C)cc(C(C)(C)C)c2O)nc2c(-c3cc(-c4nccc5ccccc45)cc(C(C)(C)C)c3)cccc21. The third kappa shape index (κ3) is 7.04. The molecule has 0 aliphatic heterocycles. The molecule has 0 aliphatic rings. The average molecular weight is 742 g/mol. The van der Waals surface area contributed by atoms with Crippen molar-refractivity contribution in [3.8, 4) is 45.2 Å². The summed E-state index contributed by atoms with van der Waals surface area (Å²) >= 11 is 0. The molecule has 0 saturated carbocycles. The summed E-state index contributed by atoms with van der Waals surface area (Å²) in [5, 5.41) is 14.7. The molecule has 0 amide bonds. The minimum Gasteiger partial charge on any atom is -0.507 e. The maximum Gasteiger partial charge on any atom is 0.149 e. The molecule has 0 unspecified atom stereocenters. The lowest BCUT2D eigenvalue weighted by molar-refractivity contribution is 0.446. The van der Waals surface area contributed by atoms with Crippen LogP contribution in [0.25, 0.3) is 61.3 Å². The van der Waals surface area contributed by atoms with E-state index in [1.54, 1.807) is 0 Å². The van der Waals surface area contributed by atoms with Crippen molar-refractivity contribution in [2.75, 3.05) is 0 Å². The van der Waals surface area contributed by atoms with Gasteiger partial charge in [0.25, 0.3) is 0 Å². The number of hydrogen-bond acceptors (Lipinski definition) is 3. The maximum atomic E-state index is 12.4. The van der Waals surface area contributed by atoms with E-state index in [0.717, 1.165) is 61.4 Å². The van der Waals surface area contributed by atoms with E-state index in [9.17, 15) is 5.11 Å². The van der Waals surface area contributed by atoms with Crippen molar-refractivity contribution in [2.24, 2.45) is 0 Å². The average Bonchev–Trinajstić information content (AvgIpc) is 3.52. The van der Waals surface area contributed by atoms with Crippen LogP contribution in [0, 0.1) is 0 Å². The van der Waals surface area contributed by atoms with Crippen molar-refractivity contribution in [1.29, 1.82) is 0 Å². The number of aromatic nitrogens is 3. The molecule has 0 fully saturated rings. The van der Waals surface area contributed by atoms with E-state index in [1.807, 2.05) is 6.20 Å². The number of phenolic OH excluding ortho intramolecular Hbond substituents is 1. The van der Waals surface area contributed by atoms with Crippen LogP contribution in [0.15, 0.2) is 103 Å². The van der Waals surface area contributed by atoms with Crippen LogP contribution in [0.2, 0.25) is 0 Å². The zero-order chi connectivity index (χ0) is 40.5. The van der Waals surface area contributed by atoms with Crippen LogP contribution in [-0.2, 0) is 16.2 Å². The minimum absolute atomic E-state index is 0.112. The van der Waals surface area contributed by atoms with Crippen molar-refractivity contribution < 1.29 is 5.11 Å². The predicted molar refractivity (Wildman–Crippen MR) is 239 cm³/mol. The summed E-state index contributed by atoms with van der Waals surface area (Å²) < 4.78 is 2.36. The van der Waals surface area contributed by atoms with Gasteiger partial charge >= 0.3 is 0 Å². The molecule has 0 radical (unpaired) electrons. The standard InChI is InChI=1S/C52H59N3O/c1-31(2)38-20-16-21-39(32(3)4)47(38)55-44-23-17-22-41(46(44)54-49(55)42-29-37(51(8,9)10)30-43(48(42)56)52(11,12)13)34-26-35(28-36(27-34)50(5,6)7)45-40-19-15-14-18-33(40)24-25-53-45/h14-32,56H,1-13H3. The van der Waals surface area contributed by atoms with Gasteiger partial charge in [0.1, 0.15) is 11.6 Å². The van der Waals surface area contributed by atoms with E-state index in [-0.39, 0.29) is 33.8 Å². The molecule has 0 aliphatic carbocycles. The minimum atomic E-state index is -0.291. The summed E-state index contributed by atoms with van der Waals surface area (Å²) in [5.41, 5.74) is 13.3. The molecular weight excluding hydrogens is 683 g/mol. The van der Waals surface area contributed by atoms with Crippen molar-refractivity contribution in [2.45, 2.75) is 118 Å². The van der Waals surface area contributed by atoms with Gasteiger partial charge < -0.3 is 5.11 Å². The van der Waals surface area contributed by atoms with Crippen LogP contribution < -0.4 is 0 Å². The summed E-state index contributed by atoms with van der Waals surface area (Å²) in [7, 11) is 0. The second-order valence-corrected chi connectivity index (χ2v) is 19.4. The molecule has 4 heteroatoms. The Hall–Kier alpha value is -5.22. The van der Waals surface area contributed by atoms with E-state index < -0.39 is 0 Å². The second kappa shape index (κ2) is 14.1. The third-order valence-corrected chi connectivity index (χ3v) is 11.3. The van der Waals surface area contributed by atoms with Crippen molar-refractivity contribution in [1.82, 2.24) is 14.5 Å². The molecule has 2 aromatic heterocycles. The van der Waals surface area contributed by atoms with Gasteiger partial charge in [-0.3, -0.25) is 9.55 Å². The molecule has 1 N–H and O–H groups in total. The highest BCUT2D eigenvalue weighted by Crippen LogP contribution is 2.46. The van der Waals surface area contributed by atoms with Gasteiger partial charge in [0.15, 0.2) is 0 Å². The number of phenols is 1. The number of aromatic hydroxyl groups is 1. The molecule has 56 heavy (non-hydrogen) atoms. The molecule has 0 atom stereocenters. The highest BCUT2D eigenvalue weighted by atomic mass is 16.3. The second-order valence-electron chi connectivity index (χ2n) is 19.4. The lowest BCUT2D eigenvalue weighted by atomic mass is 9.79. The molecule has 288 valence electrons. The maximum absolute atomic E-state index is 12.4. The molecule has 0 spiro atoms. The number of pyridine rings is 1. The molecule has 0 bridgehead atoms. The first-order chi connectivity index (χ1) is 26.3. The zero-order valence-electron chi connectivity index (χ0n) is 35.8. The lowest BCUT2D eigenvalue weighted by Crippen LogP contribution is -2.17. The van der Waals surface area contributed by atoms with Crippen LogP contribution in [0.4, 0.5) is 0 Å². The number of nitrogens with zero attached hydrogens (tertiary/aromatic N) is 3. The number of hydrogen-bond donors (Lipinski definition) is 1. The van der Waals surface area contributed by atoms with Crippen LogP contribution in [0.5, 0.6) is 5.75 Å². The summed E-state index contributed by atoms with van der Waals surface area (Å²) in [4.78, 5) is 10.6. The fraction of sp³-hybridized carbons (Fsp3) is 0.346. The van der Waals surface area contributed by atoms with E-state index in [2.05, 4.69) is 192 Å². The number of rotatable bonds is 6. The normalized spacial score (nSPS) is 12.8. The van der Waals surface area contributed by atoms with Gasteiger partial charge in [-0.15, -0.1) is 0 Å². The first kappa shape index (κ1) is 39.0. The van der Waals surface area contributed by atoms with Crippen molar-refractivity contribution in [3.63, 3.8) is 0 Å². The highest BCUT2D eigenvalue weighted by Gasteiger charge is 2.30. The Labute approximate surface area is 334 Å².